The zero-order valence-electron chi connectivity index (χ0n) is 12.5. The van der Waals surface area contributed by atoms with E-state index in [0.717, 1.165) is 19.5 Å². The lowest BCUT2D eigenvalue weighted by atomic mass is 9.83. The summed E-state index contributed by atoms with van der Waals surface area (Å²) >= 11 is 9.21. The molecular formula is C15H23BrClFN2. The molecule has 1 aromatic rings. The van der Waals surface area contributed by atoms with Gasteiger partial charge in [0.1, 0.15) is 5.82 Å². The number of hydrogen-bond donors (Lipinski definition) is 1. The van der Waals surface area contributed by atoms with Crippen molar-refractivity contribution in [2.75, 3.05) is 13.1 Å². The van der Waals surface area contributed by atoms with Gasteiger partial charge in [-0.05, 0) is 48.4 Å². The van der Waals surface area contributed by atoms with Crippen molar-refractivity contribution in [3.05, 3.63) is 33.0 Å². The first-order chi connectivity index (χ1) is 9.33. The van der Waals surface area contributed by atoms with E-state index in [1.165, 1.54) is 0 Å². The third-order valence-electron chi connectivity index (χ3n) is 4.27. The van der Waals surface area contributed by atoms with Crippen molar-refractivity contribution in [3.63, 3.8) is 0 Å². The second-order valence-corrected chi connectivity index (χ2v) is 6.36. The number of likely N-dealkylation sites (N-methyl/N-ethyl adjacent to an activating group) is 1. The molecule has 0 amide bonds. The third kappa shape index (κ3) is 3.19. The predicted octanol–water partition coefficient (Wildman–Crippen LogP) is 4.75. The molecule has 0 heterocycles. The summed E-state index contributed by atoms with van der Waals surface area (Å²) < 4.78 is 14.9. The van der Waals surface area contributed by atoms with Crippen LogP contribution in [0.15, 0.2) is 16.6 Å². The quantitative estimate of drug-likeness (QED) is 0.737. The summed E-state index contributed by atoms with van der Waals surface area (Å²) in [6, 6.07) is 3.03. The summed E-state index contributed by atoms with van der Waals surface area (Å²) in [5, 5.41) is 0.0935. The van der Waals surface area contributed by atoms with Gasteiger partial charge in [0.15, 0.2) is 0 Å². The Bertz CT molecular complexity index is 465. The van der Waals surface area contributed by atoms with E-state index < -0.39 is 11.9 Å². The van der Waals surface area contributed by atoms with Gasteiger partial charge in [-0.25, -0.2) is 4.39 Å². The van der Waals surface area contributed by atoms with Gasteiger partial charge in [0.05, 0.1) is 11.1 Å². The molecule has 1 aromatic carbocycles. The molecule has 114 valence electrons. The number of nitrogens with zero attached hydrogens (tertiary/aromatic N) is 1. The summed E-state index contributed by atoms with van der Waals surface area (Å²) in [5.41, 5.74) is 6.56. The Kier molecular flexibility index (Phi) is 6.45. The molecule has 20 heavy (non-hydrogen) atoms. The highest BCUT2D eigenvalue weighted by atomic mass is 79.9. The van der Waals surface area contributed by atoms with E-state index in [1.807, 2.05) is 0 Å². The van der Waals surface area contributed by atoms with Gasteiger partial charge in [-0.3, -0.25) is 4.90 Å². The van der Waals surface area contributed by atoms with E-state index in [0.29, 0.717) is 10.0 Å². The molecule has 0 aliphatic heterocycles. The fourth-order valence-electron chi connectivity index (χ4n) is 2.70. The first kappa shape index (κ1) is 17.9. The number of rotatable bonds is 6. The van der Waals surface area contributed by atoms with Crippen molar-refractivity contribution in [1.82, 2.24) is 4.90 Å². The first-order valence-corrected chi connectivity index (χ1v) is 8.14. The minimum Gasteiger partial charge on any atom is -0.322 e. The topological polar surface area (TPSA) is 29.3 Å². The fourth-order valence-corrected chi connectivity index (χ4v) is 3.18. The molecule has 2 unspecified atom stereocenters. The van der Waals surface area contributed by atoms with Crippen LogP contribution in [0.4, 0.5) is 4.39 Å². The molecule has 0 saturated heterocycles. The Morgan fingerprint density at radius 1 is 1.35 bits per heavy atom. The average molecular weight is 366 g/mol. The van der Waals surface area contributed by atoms with Crippen LogP contribution in [0.5, 0.6) is 0 Å². The van der Waals surface area contributed by atoms with Gasteiger partial charge in [0.2, 0.25) is 0 Å². The van der Waals surface area contributed by atoms with Crippen molar-refractivity contribution >= 4 is 27.5 Å². The monoisotopic (exact) mass is 364 g/mol. The maximum atomic E-state index is 14.4. The standard InChI is InChI=1S/C15H23BrClFN2/c1-5-15(4,20(6-2)7-3)14(19)10-8-9-11(16)12(17)13(10)18/h8-9,14H,5-7,19H2,1-4H3. The number of nitrogens with two attached hydrogens (primary N) is 1. The second kappa shape index (κ2) is 7.21. The fraction of sp³-hybridized carbons (Fsp3) is 0.600. The highest BCUT2D eigenvalue weighted by molar-refractivity contribution is 9.10. The zero-order chi connectivity index (χ0) is 15.5. The molecule has 0 aliphatic rings. The molecular weight excluding hydrogens is 343 g/mol. The van der Waals surface area contributed by atoms with Gasteiger partial charge in [-0.2, -0.15) is 0 Å². The lowest BCUT2D eigenvalue weighted by molar-refractivity contribution is 0.0832. The van der Waals surface area contributed by atoms with E-state index in [4.69, 9.17) is 17.3 Å². The van der Waals surface area contributed by atoms with Crippen LogP contribution in [0, 0.1) is 5.82 Å². The minimum absolute atomic E-state index is 0.0935. The molecule has 0 bridgehead atoms. The molecule has 0 aliphatic carbocycles. The van der Waals surface area contributed by atoms with Crippen molar-refractivity contribution < 1.29 is 4.39 Å². The molecule has 2 nitrogen and oxygen atoms in total. The van der Waals surface area contributed by atoms with Crippen LogP contribution in [-0.2, 0) is 0 Å². The molecule has 0 aromatic heterocycles. The van der Waals surface area contributed by atoms with E-state index in [2.05, 4.69) is 48.5 Å². The van der Waals surface area contributed by atoms with Crippen molar-refractivity contribution in [2.45, 2.75) is 45.7 Å². The van der Waals surface area contributed by atoms with Crippen LogP contribution >= 0.6 is 27.5 Å². The van der Waals surface area contributed by atoms with Gasteiger partial charge in [-0.15, -0.1) is 0 Å². The largest absolute Gasteiger partial charge is 0.322 e. The summed E-state index contributed by atoms with van der Waals surface area (Å²) in [7, 11) is 0. The van der Waals surface area contributed by atoms with Crippen LogP contribution in [0.25, 0.3) is 0 Å². The van der Waals surface area contributed by atoms with Crippen molar-refractivity contribution in [1.29, 1.82) is 0 Å². The van der Waals surface area contributed by atoms with Crippen LogP contribution in [0.1, 0.15) is 45.7 Å². The van der Waals surface area contributed by atoms with Gasteiger partial charge in [0, 0.05) is 15.6 Å². The van der Waals surface area contributed by atoms with E-state index in [9.17, 15) is 4.39 Å². The van der Waals surface area contributed by atoms with Gasteiger partial charge >= 0.3 is 0 Å². The zero-order valence-corrected chi connectivity index (χ0v) is 14.9. The third-order valence-corrected chi connectivity index (χ3v) is 5.53. The Labute approximate surface area is 134 Å². The normalized spacial score (nSPS) is 16.2. The molecule has 2 N–H and O–H groups in total. The molecule has 5 heteroatoms. The summed E-state index contributed by atoms with van der Waals surface area (Å²) in [6.07, 6.45) is 0.836. The van der Waals surface area contributed by atoms with E-state index in [-0.39, 0.29) is 10.6 Å². The van der Waals surface area contributed by atoms with Crippen LogP contribution in [0.3, 0.4) is 0 Å². The maximum absolute atomic E-state index is 14.4. The molecule has 0 radical (unpaired) electrons. The predicted molar refractivity (Wildman–Crippen MR) is 87.7 cm³/mol. The highest BCUT2D eigenvalue weighted by Gasteiger charge is 2.37. The van der Waals surface area contributed by atoms with Crippen LogP contribution < -0.4 is 5.73 Å². The Morgan fingerprint density at radius 2 is 1.90 bits per heavy atom. The Hall–Kier alpha value is -0.160. The van der Waals surface area contributed by atoms with E-state index in [1.54, 1.807) is 12.1 Å². The Morgan fingerprint density at radius 3 is 2.35 bits per heavy atom. The minimum atomic E-state index is -0.432. The van der Waals surface area contributed by atoms with Crippen LogP contribution in [-0.4, -0.2) is 23.5 Å². The van der Waals surface area contributed by atoms with Gasteiger partial charge < -0.3 is 5.73 Å². The number of hydrogen-bond acceptors (Lipinski definition) is 2. The molecule has 0 fully saturated rings. The van der Waals surface area contributed by atoms with Gasteiger partial charge in [-0.1, -0.05) is 38.4 Å². The lowest BCUT2D eigenvalue weighted by Gasteiger charge is -2.44. The van der Waals surface area contributed by atoms with E-state index >= 15 is 0 Å². The summed E-state index contributed by atoms with van der Waals surface area (Å²) in [6.45, 7) is 10.1. The molecule has 1 rings (SSSR count). The average Bonchev–Trinajstić information content (AvgIpc) is 2.45. The summed E-state index contributed by atoms with van der Waals surface area (Å²) in [4.78, 5) is 2.27. The van der Waals surface area contributed by atoms with Crippen molar-refractivity contribution in [2.24, 2.45) is 5.73 Å². The molecule has 0 saturated carbocycles. The second-order valence-electron chi connectivity index (χ2n) is 5.13. The smallest absolute Gasteiger partial charge is 0.147 e. The van der Waals surface area contributed by atoms with Gasteiger partial charge in [0.25, 0.3) is 0 Å². The summed E-state index contributed by atoms with van der Waals surface area (Å²) in [5.74, 6) is -0.430. The van der Waals surface area contributed by atoms with Crippen LogP contribution in [0.2, 0.25) is 5.02 Å². The first-order valence-electron chi connectivity index (χ1n) is 6.97. The SMILES string of the molecule is CCN(CC)C(C)(CC)C(N)c1ccc(Br)c(Cl)c1F. The molecule has 0 spiro atoms. The maximum Gasteiger partial charge on any atom is 0.147 e. The Balaban J connectivity index is 3.27. The number of halogens is 3. The highest BCUT2D eigenvalue weighted by Crippen LogP contribution is 2.37. The lowest BCUT2D eigenvalue weighted by Crippen LogP contribution is -2.53. The van der Waals surface area contributed by atoms with Crippen molar-refractivity contribution in [3.8, 4) is 0 Å². The number of benzene rings is 1. The molecule has 2 atom stereocenters.